The van der Waals surface area contributed by atoms with E-state index in [0.29, 0.717) is 34.7 Å². The average molecular weight is 544 g/mol. The second-order valence-corrected chi connectivity index (χ2v) is 10.4. The second kappa shape index (κ2) is 9.56. The number of carbonyl (C=O) groups is 3. The van der Waals surface area contributed by atoms with Gasteiger partial charge < -0.3 is 25.0 Å². The molecule has 4 atom stereocenters. The molecule has 0 bridgehead atoms. The van der Waals surface area contributed by atoms with Crippen molar-refractivity contribution in [2.75, 3.05) is 26.1 Å². The van der Waals surface area contributed by atoms with Crippen LogP contribution in [-0.2, 0) is 32.8 Å². The van der Waals surface area contributed by atoms with E-state index in [0.717, 1.165) is 5.56 Å². The normalized spacial score (nSPS) is 24.8. The number of benzene rings is 3. The van der Waals surface area contributed by atoms with E-state index in [1.165, 1.54) is 17.0 Å². The van der Waals surface area contributed by atoms with Crippen LogP contribution in [0.5, 0.6) is 23.0 Å². The van der Waals surface area contributed by atoms with Gasteiger partial charge in [0, 0.05) is 23.8 Å². The Bertz CT molecular complexity index is 1540. The number of hydrogen-bond acceptors (Lipinski definition) is 8. The molecule has 4 N–H and O–H groups in total. The molecule has 10 heteroatoms. The van der Waals surface area contributed by atoms with Crippen LogP contribution in [0.15, 0.2) is 60.7 Å². The summed E-state index contributed by atoms with van der Waals surface area (Å²) in [5.41, 5.74) is 1.34. The number of ether oxygens (including phenoxy) is 2. The molecule has 3 amide bonds. The summed E-state index contributed by atoms with van der Waals surface area (Å²) in [4.78, 5) is 42.8. The van der Waals surface area contributed by atoms with Gasteiger partial charge in [0.25, 0.3) is 0 Å². The van der Waals surface area contributed by atoms with Crippen molar-refractivity contribution in [1.29, 1.82) is 0 Å². The quantitative estimate of drug-likeness (QED) is 0.263. The molecule has 2 fully saturated rings. The van der Waals surface area contributed by atoms with Crippen LogP contribution in [0.3, 0.4) is 0 Å². The number of para-hydroxylation sites is 1. The van der Waals surface area contributed by atoms with Crippen LogP contribution < -0.4 is 20.1 Å². The van der Waals surface area contributed by atoms with Gasteiger partial charge in [-0.05, 0) is 54.3 Å². The van der Waals surface area contributed by atoms with Gasteiger partial charge in [-0.3, -0.25) is 24.6 Å². The average Bonchev–Trinajstić information content (AvgIpc) is 3.53. The highest BCUT2D eigenvalue weighted by Crippen LogP contribution is 2.53. The first-order chi connectivity index (χ1) is 19.3. The maximum Gasteiger partial charge on any atom is 0.250 e. The summed E-state index contributed by atoms with van der Waals surface area (Å²) in [5.74, 6) is -2.26. The number of amides is 3. The van der Waals surface area contributed by atoms with Crippen LogP contribution in [0, 0.1) is 11.8 Å². The van der Waals surface area contributed by atoms with E-state index in [1.807, 2.05) is 12.1 Å². The topological polar surface area (TPSA) is 137 Å². The molecule has 0 aromatic heterocycles. The lowest BCUT2D eigenvalue weighted by Gasteiger charge is -2.29. The molecular weight excluding hydrogens is 514 g/mol. The molecular formula is C30H29N3O7. The molecule has 40 heavy (non-hydrogen) atoms. The minimum Gasteiger partial charge on any atom is -0.504 e. The predicted octanol–water partition coefficient (Wildman–Crippen LogP) is 2.32. The SMILES string of the molecule is COc1ccc(CCN2C(=O)[C@@H]3[C@@H](C2=O)[C@@]2(N[C@@H]3Cc3ccc(O)c(O)c3)C(=O)Nc3ccccc32)cc1OC. The smallest absolute Gasteiger partial charge is 0.250 e. The standard InChI is InChI=1S/C30H29N3O7/c1-39-23-10-8-16(15-24(23)40-2)11-12-33-27(36)25-20(13-17-7-9-21(34)22(35)14-17)32-30(26(25)28(33)37)18-5-3-4-6-19(18)31-29(30)38/h3-10,14-15,20,25-26,32,34-35H,11-13H2,1-2H3,(H,31,38)/t20-,25+,26+,30-/m1/s1. The van der Waals surface area contributed by atoms with Crippen LogP contribution in [0.25, 0.3) is 0 Å². The number of nitrogens with zero attached hydrogens (tertiary/aromatic N) is 1. The van der Waals surface area contributed by atoms with E-state index in [2.05, 4.69) is 10.6 Å². The molecule has 206 valence electrons. The zero-order valence-electron chi connectivity index (χ0n) is 22.0. The fourth-order valence-corrected chi connectivity index (χ4v) is 6.44. The lowest BCUT2D eigenvalue weighted by Crippen LogP contribution is -2.53. The zero-order chi connectivity index (χ0) is 28.2. The van der Waals surface area contributed by atoms with Gasteiger partial charge in [0.15, 0.2) is 23.0 Å². The Morgan fingerprint density at radius 3 is 2.38 bits per heavy atom. The van der Waals surface area contributed by atoms with Gasteiger partial charge in [0.2, 0.25) is 17.7 Å². The lowest BCUT2D eigenvalue weighted by atomic mass is 9.76. The molecule has 0 radical (unpaired) electrons. The molecule has 3 heterocycles. The van der Waals surface area contributed by atoms with Crippen molar-refractivity contribution in [2.24, 2.45) is 11.8 Å². The number of fused-ring (bicyclic) bond motifs is 4. The van der Waals surface area contributed by atoms with Gasteiger partial charge in [-0.25, -0.2) is 0 Å². The van der Waals surface area contributed by atoms with Gasteiger partial charge in [-0.1, -0.05) is 30.3 Å². The summed E-state index contributed by atoms with van der Waals surface area (Å²) in [7, 11) is 3.09. The Balaban J connectivity index is 1.35. The third-order valence-electron chi connectivity index (χ3n) is 8.28. The number of likely N-dealkylation sites (tertiary alicyclic amines) is 1. The summed E-state index contributed by atoms with van der Waals surface area (Å²) < 4.78 is 10.7. The fraction of sp³-hybridized carbons (Fsp3) is 0.300. The second-order valence-electron chi connectivity index (χ2n) is 10.4. The van der Waals surface area contributed by atoms with Crippen molar-refractivity contribution in [2.45, 2.75) is 24.4 Å². The minimum atomic E-state index is -1.41. The maximum absolute atomic E-state index is 14.0. The van der Waals surface area contributed by atoms with E-state index in [4.69, 9.17) is 9.47 Å². The number of carbonyl (C=O) groups excluding carboxylic acids is 3. The Morgan fingerprint density at radius 2 is 1.62 bits per heavy atom. The van der Waals surface area contributed by atoms with E-state index >= 15 is 0 Å². The van der Waals surface area contributed by atoms with Gasteiger partial charge in [0.05, 0.1) is 26.1 Å². The molecule has 1 spiro atoms. The molecule has 0 aliphatic carbocycles. The fourth-order valence-electron chi connectivity index (χ4n) is 6.44. The van der Waals surface area contributed by atoms with E-state index < -0.39 is 29.3 Å². The highest BCUT2D eigenvalue weighted by Gasteiger charge is 2.70. The molecule has 3 aliphatic rings. The Hall–Kier alpha value is -4.57. The van der Waals surface area contributed by atoms with Crippen LogP contribution in [-0.4, -0.2) is 59.6 Å². The predicted molar refractivity (Wildman–Crippen MR) is 144 cm³/mol. The van der Waals surface area contributed by atoms with Crippen molar-refractivity contribution in [1.82, 2.24) is 10.2 Å². The first-order valence-electron chi connectivity index (χ1n) is 13.0. The molecule has 0 unspecified atom stereocenters. The van der Waals surface area contributed by atoms with Crippen molar-refractivity contribution in [3.8, 4) is 23.0 Å². The Morgan fingerprint density at radius 1 is 0.875 bits per heavy atom. The van der Waals surface area contributed by atoms with Gasteiger partial charge in [-0.2, -0.15) is 0 Å². The van der Waals surface area contributed by atoms with Gasteiger partial charge in [0.1, 0.15) is 5.54 Å². The number of nitrogens with one attached hydrogen (secondary N) is 2. The monoisotopic (exact) mass is 543 g/mol. The molecule has 3 aromatic rings. The highest BCUT2D eigenvalue weighted by molar-refractivity contribution is 6.15. The van der Waals surface area contributed by atoms with Crippen LogP contribution in [0.4, 0.5) is 5.69 Å². The highest BCUT2D eigenvalue weighted by atomic mass is 16.5. The maximum atomic E-state index is 14.0. The van der Waals surface area contributed by atoms with E-state index in [-0.39, 0.29) is 36.3 Å². The van der Waals surface area contributed by atoms with E-state index in [1.54, 1.807) is 50.6 Å². The summed E-state index contributed by atoms with van der Waals surface area (Å²) in [6.45, 7) is 0.145. The van der Waals surface area contributed by atoms with Crippen molar-refractivity contribution < 1.29 is 34.1 Å². The molecule has 3 aliphatic heterocycles. The van der Waals surface area contributed by atoms with E-state index in [9.17, 15) is 24.6 Å². The number of methoxy groups -OCH3 is 2. The molecule has 3 aromatic carbocycles. The summed E-state index contributed by atoms with van der Waals surface area (Å²) in [6.07, 6.45) is 0.658. The first kappa shape index (κ1) is 25.7. The Labute approximate surface area is 230 Å². The summed E-state index contributed by atoms with van der Waals surface area (Å²) in [5, 5.41) is 26.1. The third-order valence-corrected chi connectivity index (χ3v) is 8.28. The molecule has 2 saturated heterocycles. The number of hydrogen-bond donors (Lipinski definition) is 4. The van der Waals surface area contributed by atoms with Crippen molar-refractivity contribution in [3.05, 3.63) is 77.4 Å². The van der Waals surface area contributed by atoms with Crippen LogP contribution in [0.2, 0.25) is 0 Å². The number of imide groups is 1. The number of aromatic hydroxyl groups is 2. The largest absolute Gasteiger partial charge is 0.504 e. The van der Waals surface area contributed by atoms with Gasteiger partial charge >= 0.3 is 0 Å². The molecule has 6 rings (SSSR count). The van der Waals surface area contributed by atoms with Gasteiger partial charge in [-0.15, -0.1) is 0 Å². The minimum absolute atomic E-state index is 0.145. The van der Waals surface area contributed by atoms with Crippen molar-refractivity contribution >= 4 is 23.4 Å². The number of rotatable bonds is 7. The zero-order valence-corrected chi connectivity index (χ0v) is 22.0. The number of phenols is 2. The first-order valence-corrected chi connectivity index (χ1v) is 13.0. The number of anilines is 1. The van der Waals surface area contributed by atoms with Crippen molar-refractivity contribution in [3.63, 3.8) is 0 Å². The molecule has 0 saturated carbocycles. The lowest BCUT2D eigenvalue weighted by molar-refractivity contribution is -0.142. The Kier molecular flexibility index (Phi) is 6.14. The molecule has 10 nitrogen and oxygen atoms in total. The van der Waals surface area contributed by atoms with Crippen LogP contribution >= 0.6 is 0 Å². The summed E-state index contributed by atoms with van der Waals surface area (Å²) in [6, 6.07) is 16.5. The number of phenolic OH excluding ortho intramolecular Hbond substituents is 2. The summed E-state index contributed by atoms with van der Waals surface area (Å²) >= 11 is 0. The third kappa shape index (κ3) is 3.78. The van der Waals surface area contributed by atoms with Crippen LogP contribution in [0.1, 0.15) is 16.7 Å².